The number of esters is 2. The molecule has 0 heterocycles. The summed E-state index contributed by atoms with van der Waals surface area (Å²) < 4.78 is 22.0. The van der Waals surface area contributed by atoms with Crippen molar-refractivity contribution in [3.63, 3.8) is 0 Å². The maximum Gasteiger partial charge on any atom is 0.508 e. The van der Waals surface area contributed by atoms with Crippen LogP contribution in [0.15, 0.2) is 18.2 Å². The molecule has 0 radical (unpaired) electrons. The summed E-state index contributed by atoms with van der Waals surface area (Å²) in [5.41, 5.74) is 4.85. The third kappa shape index (κ3) is 9.80. The first-order chi connectivity index (χ1) is 18.4. The summed E-state index contributed by atoms with van der Waals surface area (Å²) in [4.78, 5) is 49.9. The molecule has 40 heavy (non-hydrogen) atoms. The van der Waals surface area contributed by atoms with Crippen molar-refractivity contribution in [2.45, 2.75) is 113 Å². The number of carbonyl (C=O) groups excluding carboxylic acids is 3. The summed E-state index contributed by atoms with van der Waals surface area (Å²) in [6.07, 6.45) is -0.934. The summed E-state index contributed by atoms with van der Waals surface area (Å²) in [7, 11) is 0. The highest BCUT2D eigenvalue weighted by molar-refractivity contribution is 5.81. The van der Waals surface area contributed by atoms with Crippen LogP contribution < -0.4 is 15.2 Å². The van der Waals surface area contributed by atoms with Gasteiger partial charge in [-0.25, -0.2) is 4.79 Å². The van der Waals surface area contributed by atoms with Crippen molar-refractivity contribution in [2.24, 2.45) is 22.5 Å². The second-order valence-electron chi connectivity index (χ2n) is 11.9. The molecular weight excluding hydrogens is 518 g/mol. The van der Waals surface area contributed by atoms with Crippen molar-refractivity contribution in [1.82, 2.24) is 0 Å². The number of carbonyl (C=O) groups is 4. The predicted molar refractivity (Wildman–Crippen MR) is 150 cm³/mol. The Bertz CT molecular complexity index is 1050. The fourth-order valence-corrected chi connectivity index (χ4v) is 3.23. The molecule has 3 N–H and O–H groups in total. The molecule has 1 aromatic rings. The molecule has 0 fully saturated rings. The summed E-state index contributed by atoms with van der Waals surface area (Å²) in [6, 6.07) is 3.08. The van der Waals surface area contributed by atoms with Crippen molar-refractivity contribution in [1.29, 1.82) is 0 Å². The maximum absolute atomic E-state index is 13.0. The zero-order valence-corrected chi connectivity index (χ0v) is 25.5. The zero-order chi connectivity index (χ0) is 31.0. The van der Waals surface area contributed by atoms with Crippen molar-refractivity contribution >= 4 is 24.1 Å². The maximum atomic E-state index is 13.0. The van der Waals surface area contributed by atoms with Crippen LogP contribution in [0.2, 0.25) is 0 Å². The first kappa shape index (κ1) is 34.9. The van der Waals surface area contributed by atoms with E-state index in [2.05, 4.69) is 0 Å². The van der Waals surface area contributed by atoms with Crippen LogP contribution in [0.5, 0.6) is 11.5 Å². The van der Waals surface area contributed by atoms with E-state index in [4.69, 9.17) is 24.7 Å². The number of nitrogens with two attached hydrogens (primary N) is 1. The largest absolute Gasteiger partial charge is 0.508 e. The van der Waals surface area contributed by atoms with Crippen molar-refractivity contribution in [3.8, 4) is 11.5 Å². The van der Waals surface area contributed by atoms with Gasteiger partial charge in [0.1, 0.15) is 18.2 Å². The minimum absolute atomic E-state index is 0.0220. The van der Waals surface area contributed by atoms with Crippen LogP contribution in [0, 0.1) is 16.7 Å². The summed E-state index contributed by atoms with van der Waals surface area (Å²) >= 11 is 0. The standard InChI is InChI=1S/C30H47NO9/c1-11-29(7,8)26(34)39-22-14-13-20(16-23(22)40-27(35)30(9,10)12-2)21(24(31)25(32)33)15-18(5)37-28(36)38-19(6)17(3)4/h13-14,16-19,21,24H,11-12,15,31H2,1-10H3,(H,32,33)/t18?,19?,21?,24-/m0/s1. The zero-order valence-electron chi connectivity index (χ0n) is 25.5. The quantitative estimate of drug-likeness (QED) is 0.208. The third-order valence-electron chi connectivity index (χ3n) is 7.50. The molecule has 0 spiro atoms. The molecule has 0 aromatic heterocycles. The fourth-order valence-electron chi connectivity index (χ4n) is 3.23. The molecule has 226 valence electrons. The monoisotopic (exact) mass is 565 g/mol. The minimum Gasteiger partial charge on any atom is -0.480 e. The number of carboxylic acids is 1. The van der Waals surface area contributed by atoms with Crippen LogP contribution in [-0.2, 0) is 23.9 Å². The van der Waals surface area contributed by atoms with E-state index in [9.17, 15) is 24.3 Å². The Balaban J connectivity index is 3.44. The van der Waals surface area contributed by atoms with Gasteiger partial charge in [0.05, 0.1) is 10.8 Å². The smallest absolute Gasteiger partial charge is 0.480 e. The Kier molecular flexibility index (Phi) is 12.6. The molecule has 1 rings (SSSR count). The number of rotatable bonds is 14. The SMILES string of the molecule is CCC(C)(C)C(=O)Oc1ccc(C(CC(C)OC(=O)OC(C)C(C)C)[C@H](N)C(=O)O)cc1OC(=O)C(C)(C)CC. The Morgan fingerprint density at radius 1 is 0.850 bits per heavy atom. The fraction of sp³-hybridized carbons (Fsp3) is 0.667. The van der Waals surface area contributed by atoms with E-state index in [1.54, 1.807) is 47.6 Å². The first-order valence-electron chi connectivity index (χ1n) is 13.8. The van der Waals surface area contributed by atoms with Crippen molar-refractivity contribution < 1.29 is 43.2 Å². The van der Waals surface area contributed by atoms with Crippen LogP contribution in [0.25, 0.3) is 0 Å². The van der Waals surface area contributed by atoms with Gasteiger partial charge in [-0.1, -0.05) is 33.8 Å². The van der Waals surface area contributed by atoms with E-state index < -0.39 is 53.0 Å². The normalized spacial score (nSPS) is 15.0. The number of ether oxygens (including phenoxy) is 4. The van der Waals surface area contributed by atoms with Gasteiger partial charge >= 0.3 is 24.1 Å². The van der Waals surface area contributed by atoms with Crippen LogP contribution in [0.1, 0.15) is 100.0 Å². The van der Waals surface area contributed by atoms with E-state index in [1.807, 2.05) is 27.7 Å². The van der Waals surface area contributed by atoms with E-state index >= 15 is 0 Å². The van der Waals surface area contributed by atoms with Crippen LogP contribution >= 0.6 is 0 Å². The van der Waals surface area contributed by atoms with Gasteiger partial charge in [-0.3, -0.25) is 14.4 Å². The third-order valence-corrected chi connectivity index (χ3v) is 7.50. The molecule has 10 nitrogen and oxygen atoms in total. The van der Waals surface area contributed by atoms with Crippen LogP contribution in [-0.4, -0.2) is 47.4 Å². The van der Waals surface area contributed by atoms with E-state index in [-0.39, 0.29) is 29.9 Å². The van der Waals surface area contributed by atoms with Gasteiger partial charge in [0.2, 0.25) is 0 Å². The van der Waals surface area contributed by atoms with E-state index in [0.717, 1.165) is 0 Å². The second kappa shape index (κ2) is 14.5. The Labute approximate surface area is 237 Å². The van der Waals surface area contributed by atoms with Crippen molar-refractivity contribution in [2.75, 3.05) is 0 Å². The van der Waals surface area contributed by atoms with Crippen LogP contribution in [0.4, 0.5) is 4.79 Å². The molecule has 0 amide bonds. The average Bonchev–Trinajstić information content (AvgIpc) is 2.87. The highest BCUT2D eigenvalue weighted by atomic mass is 16.7. The lowest BCUT2D eigenvalue weighted by molar-refractivity contribution is -0.147. The lowest BCUT2D eigenvalue weighted by atomic mass is 9.86. The highest BCUT2D eigenvalue weighted by Gasteiger charge is 2.34. The molecular formula is C30H47NO9. The molecule has 0 aliphatic rings. The second-order valence-corrected chi connectivity index (χ2v) is 11.9. The lowest BCUT2D eigenvalue weighted by Crippen LogP contribution is -2.38. The molecule has 0 saturated carbocycles. The number of benzene rings is 1. The molecule has 0 aliphatic carbocycles. The number of aliphatic carboxylic acids is 1. The molecule has 0 aliphatic heterocycles. The summed E-state index contributed by atoms with van der Waals surface area (Å²) in [5.74, 6) is -3.10. The van der Waals surface area contributed by atoms with Gasteiger partial charge in [0.15, 0.2) is 11.5 Å². The molecule has 10 heteroatoms. The number of hydrogen-bond donors (Lipinski definition) is 2. The Morgan fingerprint density at radius 3 is 1.80 bits per heavy atom. The predicted octanol–water partition coefficient (Wildman–Crippen LogP) is 5.84. The topological polar surface area (TPSA) is 151 Å². The van der Waals surface area contributed by atoms with E-state index in [1.165, 1.54) is 12.1 Å². The first-order valence-corrected chi connectivity index (χ1v) is 13.8. The van der Waals surface area contributed by atoms with Crippen LogP contribution in [0.3, 0.4) is 0 Å². The van der Waals surface area contributed by atoms with E-state index in [0.29, 0.717) is 18.4 Å². The summed E-state index contributed by atoms with van der Waals surface area (Å²) in [5, 5.41) is 9.72. The average molecular weight is 566 g/mol. The Morgan fingerprint density at radius 2 is 1.35 bits per heavy atom. The molecule has 1 aromatic carbocycles. The van der Waals surface area contributed by atoms with Gasteiger partial charge in [0, 0.05) is 5.92 Å². The molecule has 3 unspecified atom stereocenters. The number of carboxylic acid groups (broad SMARTS) is 1. The number of hydrogen-bond acceptors (Lipinski definition) is 9. The van der Waals surface area contributed by atoms with Gasteiger partial charge in [-0.05, 0) is 84.4 Å². The highest BCUT2D eigenvalue weighted by Crippen LogP contribution is 2.37. The van der Waals surface area contributed by atoms with Gasteiger partial charge in [-0.15, -0.1) is 0 Å². The minimum atomic E-state index is -1.38. The summed E-state index contributed by atoms with van der Waals surface area (Å²) in [6.45, 7) is 17.8. The Hall–Kier alpha value is -3.14. The molecule has 0 saturated heterocycles. The van der Waals surface area contributed by atoms with Gasteiger partial charge in [-0.2, -0.15) is 0 Å². The lowest BCUT2D eigenvalue weighted by Gasteiger charge is -2.27. The molecule has 0 bridgehead atoms. The molecule has 4 atom stereocenters. The van der Waals surface area contributed by atoms with Crippen molar-refractivity contribution in [3.05, 3.63) is 23.8 Å². The van der Waals surface area contributed by atoms with Gasteiger partial charge in [0.25, 0.3) is 0 Å². The van der Waals surface area contributed by atoms with Gasteiger partial charge < -0.3 is 29.8 Å².